The molecule has 122 valence electrons. The minimum atomic E-state index is -0.638. The molecule has 6 atom stereocenters. The summed E-state index contributed by atoms with van der Waals surface area (Å²) in [6.45, 7) is 14.1. The summed E-state index contributed by atoms with van der Waals surface area (Å²) in [4.78, 5) is 0. The van der Waals surface area contributed by atoms with Gasteiger partial charge in [-0.25, -0.2) is 0 Å². The van der Waals surface area contributed by atoms with E-state index in [1.807, 2.05) is 34.6 Å². The summed E-state index contributed by atoms with van der Waals surface area (Å²) in [6.07, 6.45) is -0.529. The fourth-order valence-corrected chi connectivity index (χ4v) is 3.69. The maximum absolute atomic E-state index is 6.21. The van der Waals surface area contributed by atoms with E-state index in [9.17, 15) is 0 Å². The zero-order valence-corrected chi connectivity index (χ0v) is 14.1. The molecule has 21 heavy (non-hydrogen) atoms. The topological polar surface area (TPSA) is 46.2 Å². The largest absolute Gasteiger partial charge is 0.367 e. The highest BCUT2D eigenvalue weighted by Crippen LogP contribution is 2.44. The predicted octanol–water partition coefficient (Wildman–Crippen LogP) is 2.47. The minimum absolute atomic E-state index is 0.00513. The van der Waals surface area contributed by atoms with Crippen molar-refractivity contribution < 1.29 is 23.7 Å². The van der Waals surface area contributed by atoms with Crippen LogP contribution in [0.25, 0.3) is 0 Å². The van der Waals surface area contributed by atoms with Crippen molar-refractivity contribution in [3.05, 3.63) is 0 Å². The average Bonchev–Trinajstić information content (AvgIpc) is 2.66. The molecule has 3 saturated heterocycles. The summed E-state index contributed by atoms with van der Waals surface area (Å²) >= 11 is 0. The molecule has 3 rings (SSSR count). The highest BCUT2D eigenvalue weighted by molar-refractivity contribution is 5.03. The monoisotopic (exact) mass is 300 g/mol. The van der Waals surface area contributed by atoms with Gasteiger partial charge in [-0.1, -0.05) is 13.8 Å². The van der Waals surface area contributed by atoms with Gasteiger partial charge in [-0.3, -0.25) is 0 Å². The van der Waals surface area contributed by atoms with Gasteiger partial charge in [-0.05, 0) is 40.5 Å². The normalized spacial score (nSPS) is 48.0. The molecule has 3 aliphatic heterocycles. The van der Waals surface area contributed by atoms with E-state index in [-0.39, 0.29) is 36.6 Å². The molecule has 0 spiro atoms. The van der Waals surface area contributed by atoms with E-state index >= 15 is 0 Å². The van der Waals surface area contributed by atoms with Crippen LogP contribution < -0.4 is 0 Å². The molecule has 0 aromatic rings. The zero-order chi connectivity index (χ0) is 15.6. The van der Waals surface area contributed by atoms with E-state index in [4.69, 9.17) is 23.7 Å². The Balaban J connectivity index is 1.91. The van der Waals surface area contributed by atoms with Crippen LogP contribution in [0.2, 0.25) is 0 Å². The lowest BCUT2D eigenvalue weighted by molar-refractivity contribution is -0.376. The third kappa shape index (κ3) is 2.75. The Morgan fingerprint density at radius 2 is 1.19 bits per heavy atom. The van der Waals surface area contributed by atoms with Crippen LogP contribution in [0.15, 0.2) is 0 Å². The van der Waals surface area contributed by atoms with Crippen molar-refractivity contribution in [3.8, 4) is 0 Å². The van der Waals surface area contributed by atoms with Gasteiger partial charge in [0.2, 0.25) is 0 Å². The number of ether oxygens (including phenoxy) is 5. The van der Waals surface area contributed by atoms with Gasteiger partial charge >= 0.3 is 0 Å². The van der Waals surface area contributed by atoms with Gasteiger partial charge in [0.25, 0.3) is 0 Å². The van der Waals surface area contributed by atoms with Crippen molar-refractivity contribution >= 4 is 0 Å². The molecule has 0 saturated carbocycles. The van der Waals surface area contributed by atoms with Gasteiger partial charge in [-0.2, -0.15) is 0 Å². The van der Waals surface area contributed by atoms with Crippen LogP contribution in [-0.4, -0.2) is 48.2 Å². The first kappa shape index (κ1) is 15.7. The first-order valence-electron chi connectivity index (χ1n) is 7.96. The lowest BCUT2D eigenvalue weighted by atomic mass is 9.87. The Hall–Kier alpha value is -0.200. The van der Waals surface area contributed by atoms with Gasteiger partial charge in [0.1, 0.15) is 24.4 Å². The van der Waals surface area contributed by atoms with Crippen molar-refractivity contribution in [1.82, 2.24) is 0 Å². The molecule has 0 amide bonds. The maximum atomic E-state index is 6.21. The van der Waals surface area contributed by atoms with Gasteiger partial charge in [-0.15, -0.1) is 0 Å². The minimum Gasteiger partial charge on any atom is -0.367 e. The smallest absolute Gasteiger partial charge is 0.164 e. The zero-order valence-electron chi connectivity index (χ0n) is 14.1. The van der Waals surface area contributed by atoms with Crippen LogP contribution in [0.1, 0.15) is 48.5 Å². The fraction of sp³-hybridized carbons (Fsp3) is 1.00. The van der Waals surface area contributed by atoms with Crippen LogP contribution >= 0.6 is 0 Å². The van der Waals surface area contributed by atoms with Gasteiger partial charge in [0, 0.05) is 0 Å². The van der Waals surface area contributed by atoms with E-state index in [2.05, 4.69) is 13.8 Å². The summed E-state index contributed by atoms with van der Waals surface area (Å²) < 4.78 is 30.6. The summed E-state index contributed by atoms with van der Waals surface area (Å²) in [7, 11) is 0. The quantitative estimate of drug-likeness (QED) is 0.744. The molecule has 0 bridgehead atoms. The molecular weight excluding hydrogens is 272 g/mol. The number of hydrogen-bond acceptors (Lipinski definition) is 5. The third-order valence-electron chi connectivity index (χ3n) is 4.47. The highest BCUT2D eigenvalue weighted by Gasteiger charge is 2.59. The van der Waals surface area contributed by atoms with Gasteiger partial charge < -0.3 is 23.7 Å². The van der Waals surface area contributed by atoms with Crippen molar-refractivity contribution in [1.29, 1.82) is 0 Å². The molecule has 0 radical (unpaired) electrons. The number of fused-ring (bicyclic) bond motifs is 3. The lowest BCUT2D eigenvalue weighted by Crippen LogP contribution is -2.66. The second kappa shape index (κ2) is 4.90. The molecular formula is C16H28O5. The van der Waals surface area contributed by atoms with E-state index < -0.39 is 11.6 Å². The van der Waals surface area contributed by atoms with Crippen molar-refractivity contribution in [3.63, 3.8) is 0 Å². The number of rotatable bonds is 1. The molecule has 3 fully saturated rings. The molecule has 3 heterocycles. The second-order valence-electron chi connectivity index (χ2n) is 7.68. The Morgan fingerprint density at radius 1 is 0.714 bits per heavy atom. The van der Waals surface area contributed by atoms with Gasteiger partial charge in [0.05, 0.1) is 12.2 Å². The second-order valence-corrected chi connectivity index (χ2v) is 7.68. The van der Waals surface area contributed by atoms with Crippen molar-refractivity contribution in [2.75, 3.05) is 0 Å². The highest BCUT2D eigenvalue weighted by atomic mass is 16.8. The first-order valence-corrected chi connectivity index (χ1v) is 7.96. The van der Waals surface area contributed by atoms with E-state index in [0.29, 0.717) is 5.92 Å². The molecule has 0 N–H and O–H groups in total. The lowest BCUT2D eigenvalue weighted by Gasteiger charge is -2.52. The van der Waals surface area contributed by atoms with Gasteiger partial charge in [0.15, 0.2) is 11.6 Å². The van der Waals surface area contributed by atoms with E-state index in [1.165, 1.54) is 0 Å². The molecule has 0 aliphatic carbocycles. The van der Waals surface area contributed by atoms with Crippen molar-refractivity contribution in [2.24, 2.45) is 5.92 Å². The fourth-order valence-electron chi connectivity index (χ4n) is 3.69. The van der Waals surface area contributed by atoms with Crippen molar-refractivity contribution in [2.45, 2.75) is 96.7 Å². The summed E-state index contributed by atoms with van der Waals surface area (Å²) in [5.41, 5.74) is 0. The number of hydrogen-bond donors (Lipinski definition) is 0. The first-order chi connectivity index (χ1) is 9.60. The Morgan fingerprint density at radius 3 is 1.76 bits per heavy atom. The summed E-state index contributed by atoms with van der Waals surface area (Å²) in [5, 5.41) is 0. The predicted molar refractivity (Wildman–Crippen MR) is 76.8 cm³/mol. The molecule has 0 unspecified atom stereocenters. The Bertz CT molecular complexity index is 403. The molecule has 0 aromatic carbocycles. The Kier molecular flexibility index (Phi) is 3.66. The van der Waals surface area contributed by atoms with Crippen LogP contribution in [0.4, 0.5) is 0 Å². The summed E-state index contributed by atoms with van der Waals surface area (Å²) in [5.74, 6) is -0.887. The average molecular weight is 300 g/mol. The molecule has 5 heteroatoms. The van der Waals surface area contributed by atoms with E-state index in [0.717, 1.165) is 0 Å². The standard InChI is InChI=1S/C16H28O5/c1-8(2)10-12-14(21-15(4,5)18-10)13-11(9(3)17-12)19-16(6,7)20-13/h8-14H,1-7H3/t9-,10+,11+,12+,13+,14+/m0/s1. The van der Waals surface area contributed by atoms with Crippen LogP contribution in [0, 0.1) is 5.92 Å². The SMILES string of the molecule is CC(C)[C@H]1OC(C)(C)O[C@H]2[C@@H]3OC(C)(C)O[C@@H]3[C@H](C)O[C@@H]21. The molecule has 5 nitrogen and oxygen atoms in total. The third-order valence-corrected chi connectivity index (χ3v) is 4.47. The molecule has 3 aliphatic rings. The Labute approximate surface area is 127 Å². The van der Waals surface area contributed by atoms with Crippen LogP contribution in [0.3, 0.4) is 0 Å². The maximum Gasteiger partial charge on any atom is 0.164 e. The summed E-state index contributed by atoms with van der Waals surface area (Å²) in [6, 6.07) is 0. The van der Waals surface area contributed by atoms with Crippen LogP contribution in [0.5, 0.6) is 0 Å². The molecule has 0 aromatic heterocycles. The van der Waals surface area contributed by atoms with E-state index in [1.54, 1.807) is 0 Å². The van der Waals surface area contributed by atoms with Crippen LogP contribution in [-0.2, 0) is 23.7 Å².